The summed E-state index contributed by atoms with van der Waals surface area (Å²) in [6.07, 6.45) is 0.200. The van der Waals surface area contributed by atoms with Crippen LogP contribution in [-0.2, 0) is 11.2 Å². The Hall–Kier alpha value is -4.02. The molecule has 8 nitrogen and oxygen atoms in total. The minimum absolute atomic E-state index is 0.0402. The minimum Gasteiger partial charge on any atom is -0.449 e. The SMILES string of the molecule is Cc1cc(N2CCC(N(C)C(=O)c3ccc4c(c3)[C@H](N3CC=CC(OC(=O)O)=C3C(F)(F)F)CC4)CC2)ccn1. The lowest BCUT2D eigenvalue weighted by Crippen LogP contribution is -2.45. The Bertz CT molecular complexity index is 1370. The number of carbonyl (C=O) groups is 2. The lowest BCUT2D eigenvalue weighted by Gasteiger charge is -2.38. The number of alkyl halides is 3. The van der Waals surface area contributed by atoms with Crippen molar-refractivity contribution >= 4 is 17.7 Å². The molecule has 11 heteroatoms. The number of aryl methyl sites for hydroxylation is 2. The molecule has 1 aromatic carbocycles. The number of pyridine rings is 1. The summed E-state index contributed by atoms with van der Waals surface area (Å²) in [6, 6.07) is 8.65. The van der Waals surface area contributed by atoms with Gasteiger partial charge < -0.3 is 24.5 Å². The van der Waals surface area contributed by atoms with Crippen molar-refractivity contribution in [2.24, 2.45) is 0 Å². The molecule has 0 saturated carbocycles. The number of aromatic nitrogens is 1. The van der Waals surface area contributed by atoms with Crippen LogP contribution in [0.15, 0.2) is 60.1 Å². The van der Waals surface area contributed by atoms with Gasteiger partial charge in [0.25, 0.3) is 5.91 Å². The summed E-state index contributed by atoms with van der Waals surface area (Å²) in [7, 11) is 1.78. The van der Waals surface area contributed by atoms with Gasteiger partial charge in [-0.05, 0) is 74.1 Å². The number of carboxylic acid groups (broad SMARTS) is 1. The molecule has 1 aliphatic carbocycles. The number of allylic oxidation sites excluding steroid dienone is 2. The fourth-order valence-electron chi connectivity index (χ4n) is 5.99. The molecule has 1 atom stereocenters. The summed E-state index contributed by atoms with van der Waals surface area (Å²) in [5.74, 6) is -0.924. The van der Waals surface area contributed by atoms with Gasteiger partial charge in [-0.1, -0.05) is 12.1 Å². The predicted octanol–water partition coefficient (Wildman–Crippen LogP) is 5.46. The van der Waals surface area contributed by atoms with Crippen molar-refractivity contribution in [2.45, 2.75) is 50.9 Å². The van der Waals surface area contributed by atoms with Crippen LogP contribution in [0.25, 0.3) is 0 Å². The maximum absolute atomic E-state index is 14.1. The van der Waals surface area contributed by atoms with Crippen LogP contribution < -0.4 is 4.90 Å². The molecule has 3 aliphatic rings. The average molecular weight is 557 g/mol. The quantitative estimate of drug-likeness (QED) is 0.490. The fourth-order valence-corrected chi connectivity index (χ4v) is 5.99. The molecule has 212 valence electrons. The van der Waals surface area contributed by atoms with Crippen molar-refractivity contribution in [2.75, 3.05) is 31.6 Å². The highest BCUT2D eigenvalue weighted by molar-refractivity contribution is 5.94. The lowest BCUT2D eigenvalue weighted by atomic mass is 9.99. The largest absolute Gasteiger partial charge is 0.511 e. The fraction of sp³-hybridized carbons (Fsp3) is 0.414. The number of halogens is 3. The molecular formula is C29H31F3N4O4. The van der Waals surface area contributed by atoms with Crippen LogP contribution in [0, 0.1) is 6.92 Å². The summed E-state index contributed by atoms with van der Waals surface area (Å²) in [5.41, 5.74) is 2.88. The van der Waals surface area contributed by atoms with Crippen molar-refractivity contribution in [1.29, 1.82) is 0 Å². The molecule has 40 heavy (non-hydrogen) atoms. The molecule has 0 radical (unpaired) electrons. The Morgan fingerprint density at radius 1 is 1.12 bits per heavy atom. The highest BCUT2D eigenvalue weighted by Gasteiger charge is 2.46. The number of ether oxygens (including phenoxy) is 1. The molecule has 0 bridgehead atoms. The Labute approximate surface area is 230 Å². The number of hydrogen-bond donors (Lipinski definition) is 1. The number of nitrogens with zero attached hydrogens (tertiary/aromatic N) is 4. The van der Waals surface area contributed by atoms with Crippen LogP contribution in [0.4, 0.5) is 23.7 Å². The number of carbonyl (C=O) groups excluding carboxylic acids is 1. The van der Waals surface area contributed by atoms with Crippen molar-refractivity contribution in [3.63, 3.8) is 0 Å². The number of rotatable bonds is 5. The maximum Gasteiger partial charge on any atom is 0.511 e. The summed E-state index contributed by atoms with van der Waals surface area (Å²) >= 11 is 0. The van der Waals surface area contributed by atoms with Crippen LogP contribution in [0.5, 0.6) is 0 Å². The van der Waals surface area contributed by atoms with Gasteiger partial charge in [-0.2, -0.15) is 13.2 Å². The van der Waals surface area contributed by atoms with Crippen LogP contribution in [0.2, 0.25) is 0 Å². The third-order valence-electron chi connectivity index (χ3n) is 7.95. The van der Waals surface area contributed by atoms with Gasteiger partial charge in [0, 0.05) is 55.9 Å². The van der Waals surface area contributed by atoms with E-state index >= 15 is 0 Å². The second-order valence-electron chi connectivity index (χ2n) is 10.4. The van der Waals surface area contributed by atoms with E-state index in [1.807, 2.05) is 25.1 Å². The Morgan fingerprint density at radius 3 is 2.55 bits per heavy atom. The zero-order valence-corrected chi connectivity index (χ0v) is 22.3. The average Bonchev–Trinajstić information content (AvgIpc) is 3.34. The molecule has 1 aromatic heterocycles. The standard InChI is InChI=1S/C29H31F3N4O4/c1-18-16-22(9-12-33-18)35-14-10-21(11-15-35)34(2)27(37)20-6-5-19-7-8-24(23(19)17-20)36-13-3-4-25(40-28(38)39)26(36)29(30,31)32/h3-6,9,12,16-17,21,24H,7-8,10-11,13-15H2,1-2H3,(H,38,39)/t24-/m1/s1. The second kappa shape index (κ2) is 10.9. The molecule has 1 amide bonds. The van der Waals surface area contributed by atoms with Gasteiger partial charge >= 0.3 is 12.3 Å². The smallest absolute Gasteiger partial charge is 0.449 e. The van der Waals surface area contributed by atoms with Crippen molar-refractivity contribution in [3.8, 4) is 0 Å². The van der Waals surface area contributed by atoms with Gasteiger partial charge in [-0.3, -0.25) is 9.78 Å². The summed E-state index contributed by atoms with van der Waals surface area (Å²) in [6.45, 7) is 3.50. The summed E-state index contributed by atoms with van der Waals surface area (Å²) in [4.78, 5) is 34.0. The summed E-state index contributed by atoms with van der Waals surface area (Å²) in [5, 5.41) is 8.98. The van der Waals surface area contributed by atoms with Crippen LogP contribution >= 0.6 is 0 Å². The topological polar surface area (TPSA) is 86.2 Å². The van der Waals surface area contributed by atoms with E-state index < -0.39 is 29.8 Å². The number of fused-ring (bicyclic) bond motifs is 1. The van der Waals surface area contributed by atoms with E-state index in [0.29, 0.717) is 24.0 Å². The van der Waals surface area contributed by atoms with E-state index in [4.69, 9.17) is 5.11 Å². The molecule has 0 unspecified atom stereocenters. The first-order valence-electron chi connectivity index (χ1n) is 13.3. The van der Waals surface area contributed by atoms with Gasteiger partial charge in [0.05, 0.1) is 6.04 Å². The summed E-state index contributed by atoms with van der Waals surface area (Å²) < 4.78 is 46.9. The van der Waals surface area contributed by atoms with Crippen LogP contribution in [-0.4, -0.2) is 70.9 Å². The van der Waals surface area contributed by atoms with Gasteiger partial charge in [0.15, 0.2) is 11.5 Å². The van der Waals surface area contributed by atoms with Crippen molar-refractivity contribution in [1.82, 2.24) is 14.8 Å². The predicted molar refractivity (Wildman–Crippen MR) is 142 cm³/mol. The van der Waals surface area contributed by atoms with Crippen molar-refractivity contribution in [3.05, 3.63) is 82.5 Å². The van der Waals surface area contributed by atoms with Crippen LogP contribution in [0.1, 0.15) is 52.5 Å². The monoisotopic (exact) mass is 556 g/mol. The molecule has 1 fully saturated rings. The molecule has 0 spiro atoms. The first-order valence-corrected chi connectivity index (χ1v) is 13.3. The highest BCUT2D eigenvalue weighted by atomic mass is 19.4. The zero-order valence-electron chi connectivity index (χ0n) is 22.3. The third kappa shape index (κ3) is 5.50. The first-order chi connectivity index (χ1) is 19.0. The number of piperidine rings is 1. The van der Waals surface area contributed by atoms with Gasteiger partial charge in [-0.15, -0.1) is 0 Å². The van der Waals surface area contributed by atoms with E-state index in [1.165, 1.54) is 6.08 Å². The van der Waals surface area contributed by atoms with E-state index in [0.717, 1.165) is 53.9 Å². The van der Waals surface area contributed by atoms with E-state index in [-0.39, 0.29) is 18.5 Å². The molecule has 5 rings (SSSR count). The van der Waals surface area contributed by atoms with Gasteiger partial charge in [0.2, 0.25) is 0 Å². The first kappa shape index (κ1) is 27.5. The zero-order chi connectivity index (χ0) is 28.6. The molecule has 2 aliphatic heterocycles. The molecular weight excluding hydrogens is 525 g/mol. The van der Waals surface area contributed by atoms with Gasteiger partial charge in [0.1, 0.15) is 0 Å². The second-order valence-corrected chi connectivity index (χ2v) is 10.4. The molecule has 2 aromatic rings. The van der Waals surface area contributed by atoms with Crippen LogP contribution in [0.3, 0.4) is 0 Å². The Morgan fingerprint density at radius 2 is 1.88 bits per heavy atom. The third-order valence-corrected chi connectivity index (χ3v) is 7.95. The van der Waals surface area contributed by atoms with Crippen molar-refractivity contribution < 1.29 is 32.6 Å². The number of hydrogen-bond acceptors (Lipinski definition) is 6. The van der Waals surface area contributed by atoms with E-state index in [1.54, 1.807) is 30.3 Å². The lowest BCUT2D eigenvalue weighted by molar-refractivity contribution is -0.118. The number of benzene rings is 1. The van der Waals surface area contributed by atoms with Gasteiger partial charge in [-0.25, -0.2) is 4.79 Å². The molecule has 1 saturated heterocycles. The number of anilines is 1. The molecule has 3 heterocycles. The highest BCUT2D eigenvalue weighted by Crippen LogP contribution is 2.44. The minimum atomic E-state index is -4.82. The Balaban J connectivity index is 1.33. The Kier molecular flexibility index (Phi) is 7.48. The maximum atomic E-state index is 14.1. The normalized spacial score (nSPS) is 19.6. The van der Waals surface area contributed by atoms with E-state index in [2.05, 4.69) is 14.6 Å². The number of amides is 1. The molecule has 1 N–H and O–H groups in total. The van der Waals surface area contributed by atoms with E-state index in [9.17, 15) is 22.8 Å².